The largest absolute Gasteiger partial charge is 0.370 e. The highest BCUT2D eigenvalue weighted by atomic mass is 32.2. The van der Waals surface area contributed by atoms with Gasteiger partial charge in [0.2, 0.25) is 0 Å². The van der Waals surface area contributed by atoms with Crippen LogP contribution in [0.3, 0.4) is 0 Å². The van der Waals surface area contributed by atoms with Crippen LogP contribution in [0.15, 0.2) is 53.4 Å². The number of fused-ring (bicyclic) bond motifs is 1. The normalized spacial score (nSPS) is 20.3. The summed E-state index contributed by atoms with van der Waals surface area (Å²) in [6.07, 6.45) is 0.704. The molecule has 0 N–H and O–H groups in total. The molecule has 0 saturated carbocycles. The van der Waals surface area contributed by atoms with E-state index in [0.29, 0.717) is 25.3 Å². The van der Waals surface area contributed by atoms with Crippen molar-refractivity contribution in [1.82, 2.24) is 0 Å². The molecule has 1 atom stereocenters. The molecule has 0 bridgehead atoms. The molecule has 0 aromatic heterocycles. The molecule has 2 heterocycles. The second-order valence-corrected chi connectivity index (χ2v) is 8.39. The summed E-state index contributed by atoms with van der Waals surface area (Å²) in [6.45, 7) is 2.93. The minimum atomic E-state index is -3.66. The van der Waals surface area contributed by atoms with Gasteiger partial charge in [0.25, 0.3) is 15.9 Å². The van der Waals surface area contributed by atoms with Crippen LogP contribution in [-0.4, -0.2) is 40.1 Å². The Morgan fingerprint density at radius 3 is 2.54 bits per heavy atom. The molecule has 6 nitrogen and oxygen atoms in total. The van der Waals surface area contributed by atoms with Gasteiger partial charge in [-0.3, -0.25) is 9.10 Å². The maximum Gasteiger partial charge on any atom is 0.264 e. The van der Waals surface area contributed by atoms with Crippen molar-refractivity contribution < 1.29 is 17.9 Å². The fourth-order valence-electron chi connectivity index (χ4n) is 3.61. The van der Waals surface area contributed by atoms with Crippen LogP contribution in [0.1, 0.15) is 12.5 Å². The van der Waals surface area contributed by atoms with E-state index in [-0.39, 0.29) is 23.5 Å². The first kappa shape index (κ1) is 17.1. The van der Waals surface area contributed by atoms with Crippen LogP contribution < -0.4 is 9.21 Å². The fraction of sp³-hybridized carbons (Fsp3) is 0.316. The monoisotopic (exact) mass is 372 g/mol. The number of para-hydroxylation sites is 1. The number of morpholine rings is 1. The van der Waals surface area contributed by atoms with Crippen LogP contribution in [0, 0.1) is 0 Å². The quantitative estimate of drug-likeness (QED) is 0.828. The second-order valence-electron chi connectivity index (χ2n) is 6.57. The first-order valence-electron chi connectivity index (χ1n) is 8.59. The molecule has 2 aliphatic rings. The molecule has 0 spiro atoms. The lowest BCUT2D eigenvalue weighted by atomic mass is 10.1. The number of benzene rings is 2. The molecule has 2 aromatic carbocycles. The fourth-order valence-corrected chi connectivity index (χ4v) is 5.30. The van der Waals surface area contributed by atoms with E-state index in [9.17, 15) is 13.2 Å². The molecule has 0 radical (unpaired) electrons. The second kappa shape index (κ2) is 6.41. The van der Waals surface area contributed by atoms with Crippen LogP contribution in [0.4, 0.5) is 11.4 Å². The third-order valence-electron chi connectivity index (χ3n) is 4.84. The van der Waals surface area contributed by atoms with E-state index in [4.69, 9.17) is 4.74 Å². The summed E-state index contributed by atoms with van der Waals surface area (Å²) >= 11 is 0. The number of anilines is 2. The molecule has 1 saturated heterocycles. The Morgan fingerprint density at radius 1 is 1.08 bits per heavy atom. The average molecular weight is 372 g/mol. The van der Waals surface area contributed by atoms with Gasteiger partial charge in [0.05, 0.1) is 17.2 Å². The van der Waals surface area contributed by atoms with E-state index in [0.717, 1.165) is 11.3 Å². The lowest BCUT2D eigenvalue weighted by molar-refractivity contribution is -0.125. The summed E-state index contributed by atoms with van der Waals surface area (Å²) < 4.78 is 33.0. The Balaban J connectivity index is 1.66. The first-order chi connectivity index (χ1) is 12.5. The Hall–Kier alpha value is -2.38. The van der Waals surface area contributed by atoms with Crippen molar-refractivity contribution in [2.24, 2.45) is 0 Å². The summed E-state index contributed by atoms with van der Waals surface area (Å²) in [5, 5.41) is 0. The third-order valence-corrected chi connectivity index (χ3v) is 6.78. The summed E-state index contributed by atoms with van der Waals surface area (Å²) in [7, 11) is -3.66. The van der Waals surface area contributed by atoms with E-state index in [1.165, 1.54) is 4.31 Å². The number of hydrogen-bond acceptors (Lipinski definition) is 4. The molecule has 1 unspecified atom stereocenters. The van der Waals surface area contributed by atoms with E-state index in [1.54, 1.807) is 29.2 Å². The van der Waals surface area contributed by atoms with Crippen LogP contribution >= 0.6 is 0 Å². The van der Waals surface area contributed by atoms with Gasteiger partial charge in [-0.2, -0.15) is 0 Å². The Kier molecular flexibility index (Phi) is 4.20. The highest BCUT2D eigenvalue weighted by Gasteiger charge is 2.35. The van der Waals surface area contributed by atoms with Gasteiger partial charge in [0.15, 0.2) is 0 Å². The molecule has 136 valence electrons. The molecule has 1 fully saturated rings. The number of hydrogen-bond donors (Lipinski definition) is 0. The van der Waals surface area contributed by atoms with E-state index in [1.807, 2.05) is 31.2 Å². The van der Waals surface area contributed by atoms with Crippen molar-refractivity contribution in [3.05, 3.63) is 54.1 Å². The molecule has 2 aromatic rings. The number of sulfonamides is 1. The van der Waals surface area contributed by atoms with Gasteiger partial charge in [0, 0.05) is 18.3 Å². The number of rotatable bonds is 3. The highest BCUT2D eigenvalue weighted by molar-refractivity contribution is 7.92. The van der Waals surface area contributed by atoms with Gasteiger partial charge in [-0.1, -0.05) is 18.2 Å². The standard InChI is InChI=1S/C19H20N2O4S/c1-14-12-15-4-2-3-5-18(15)21(14)26(23,24)17-8-6-16(7-9-17)20-10-11-25-13-19(20)22/h2-9,14H,10-13H2,1H3. The van der Waals surface area contributed by atoms with Gasteiger partial charge in [-0.25, -0.2) is 8.42 Å². The lowest BCUT2D eigenvalue weighted by Gasteiger charge is -2.27. The maximum atomic E-state index is 13.2. The van der Waals surface area contributed by atoms with Gasteiger partial charge in [-0.15, -0.1) is 0 Å². The molecule has 4 rings (SSSR count). The summed E-state index contributed by atoms with van der Waals surface area (Å²) in [5.41, 5.74) is 2.47. The van der Waals surface area contributed by atoms with Crippen molar-refractivity contribution in [2.75, 3.05) is 29.0 Å². The number of ether oxygens (including phenoxy) is 1. The van der Waals surface area contributed by atoms with Crippen molar-refractivity contribution in [3.63, 3.8) is 0 Å². The zero-order valence-corrected chi connectivity index (χ0v) is 15.3. The van der Waals surface area contributed by atoms with Crippen LogP contribution in [0.25, 0.3) is 0 Å². The predicted molar refractivity (Wildman–Crippen MR) is 98.9 cm³/mol. The first-order valence-corrected chi connectivity index (χ1v) is 10.0. The van der Waals surface area contributed by atoms with Crippen molar-refractivity contribution in [1.29, 1.82) is 0 Å². The van der Waals surface area contributed by atoms with Gasteiger partial charge in [-0.05, 0) is 49.2 Å². The minimum Gasteiger partial charge on any atom is -0.370 e. The SMILES string of the molecule is CC1Cc2ccccc2N1S(=O)(=O)c1ccc(N2CCOCC2=O)cc1. The number of nitrogens with zero attached hydrogens (tertiary/aromatic N) is 2. The molecular weight excluding hydrogens is 352 g/mol. The molecule has 0 aliphatic carbocycles. The molecule has 2 aliphatic heterocycles. The molecule has 7 heteroatoms. The average Bonchev–Trinajstić information content (AvgIpc) is 2.98. The van der Waals surface area contributed by atoms with E-state index in [2.05, 4.69) is 0 Å². The zero-order chi connectivity index (χ0) is 18.3. The highest BCUT2D eigenvalue weighted by Crippen LogP contribution is 2.36. The Labute approximate surface area is 153 Å². The minimum absolute atomic E-state index is 0.0577. The van der Waals surface area contributed by atoms with Crippen molar-refractivity contribution in [3.8, 4) is 0 Å². The number of carbonyl (C=O) groups is 1. The maximum absolute atomic E-state index is 13.2. The van der Waals surface area contributed by atoms with E-state index >= 15 is 0 Å². The molecule has 1 amide bonds. The van der Waals surface area contributed by atoms with Crippen LogP contribution in [-0.2, 0) is 26.0 Å². The smallest absolute Gasteiger partial charge is 0.264 e. The summed E-state index contributed by atoms with van der Waals surface area (Å²) in [5.74, 6) is -0.117. The van der Waals surface area contributed by atoms with Gasteiger partial charge < -0.3 is 9.64 Å². The van der Waals surface area contributed by atoms with Crippen molar-refractivity contribution in [2.45, 2.75) is 24.3 Å². The molecular formula is C19H20N2O4S. The van der Waals surface area contributed by atoms with Crippen LogP contribution in [0.5, 0.6) is 0 Å². The van der Waals surface area contributed by atoms with Gasteiger partial charge in [0.1, 0.15) is 6.61 Å². The summed E-state index contributed by atoms with van der Waals surface area (Å²) in [6, 6.07) is 14.0. The zero-order valence-electron chi connectivity index (χ0n) is 14.5. The topological polar surface area (TPSA) is 66.9 Å². The number of amides is 1. The molecule has 26 heavy (non-hydrogen) atoms. The van der Waals surface area contributed by atoms with Gasteiger partial charge >= 0.3 is 0 Å². The van der Waals surface area contributed by atoms with Crippen LogP contribution in [0.2, 0.25) is 0 Å². The third kappa shape index (κ3) is 2.77. The number of carbonyl (C=O) groups excluding carboxylic acids is 1. The lowest BCUT2D eigenvalue weighted by Crippen LogP contribution is -2.41. The Bertz CT molecular complexity index is 940. The van der Waals surface area contributed by atoms with Crippen molar-refractivity contribution >= 4 is 27.3 Å². The van der Waals surface area contributed by atoms with E-state index < -0.39 is 10.0 Å². The Morgan fingerprint density at radius 2 is 1.81 bits per heavy atom. The summed E-state index contributed by atoms with van der Waals surface area (Å²) in [4.78, 5) is 13.8. The predicted octanol–water partition coefficient (Wildman–Crippen LogP) is 2.19.